The average molecular weight is 389 g/mol. The van der Waals surface area contributed by atoms with Gasteiger partial charge >= 0.3 is 12.0 Å². The van der Waals surface area contributed by atoms with Crippen LogP contribution in [0.2, 0.25) is 0 Å². The summed E-state index contributed by atoms with van der Waals surface area (Å²) in [5.41, 5.74) is 1.50. The third-order valence-electron chi connectivity index (χ3n) is 5.51. The van der Waals surface area contributed by atoms with Crippen LogP contribution in [0, 0.1) is 12.8 Å². The lowest BCUT2D eigenvalue weighted by Crippen LogP contribution is -2.41. The number of aryl methyl sites for hydroxylation is 1. The smallest absolute Gasteiger partial charge is 0.319 e. The van der Waals surface area contributed by atoms with Crippen molar-refractivity contribution in [3.05, 3.63) is 23.8 Å². The predicted molar refractivity (Wildman–Crippen MR) is 103 cm³/mol. The Bertz CT molecular complexity index is 758. The number of nitrogens with zero attached hydrogens (tertiary/aromatic N) is 1. The van der Waals surface area contributed by atoms with E-state index in [9.17, 15) is 14.4 Å². The van der Waals surface area contributed by atoms with E-state index in [2.05, 4.69) is 10.6 Å². The van der Waals surface area contributed by atoms with Crippen LogP contribution < -0.4 is 15.4 Å². The van der Waals surface area contributed by atoms with Crippen molar-refractivity contribution in [2.75, 3.05) is 18.9 Å². The number of amides is 3. The number of anilines is 1. The second kappa shape index (κ2) is 8.50. The lowest BCUT2D eigenvalue weighted by atomic mass is 9.86. The minimum Gasteiger partial charge on any atom is -0.481 e. The van der Waals surface area contributed by atoms with Gasteiger partial charge in [0.1, 0.15) is 5.75 Å². The summed E-state index contributed by atoms with van der Waals surface area (Å²) in [5.74, 6) is -0.477. The quantitative estimate of drug-likeness (QED) is 0.717. The fraction of sp³-hybridized carbons (Fsp3) is 0.550. The normalized spacial score (nSPS) is 24.7. The van der Waals surface area contributed by atoms with Crippen molar-refractivity contribution in [1.82, 2.24) is 10.2 Å². The molecule has 3 N–H and O–H groups in total. The van der Waals surface area contributed by atoms with Crippen molar-refractivity contribution in [3.63, 3.8) is 0 Å². The van der Waals surface area contributed by atoms with Crippen molar-refractivity contribution >= 4 is 23.6 Å². The lowest BCUT2D eigenvalue weighted by molar-refractivity contribution is -0.142. The molecule has 1 atom stereocenters. The zero-order valence-electron chi connectivity index (χ0n) is 16.2. The standard InChI is InChI=1S/C20H27N3O5/c1-12-11-15(28-17-9-10-23(2)18(17)24)7-8-16(12)22-20(27)21-14-5-3-13(4-6-14)19(25)26/h7-8,11,13-14,17H,3-6,9-10H2,1-2H3,(H,25,26)(H2,21,22,27). The highest BCUT2D eigenvalue weighted by Crippen LogP contribution is 2.26. The topological polar surface area (TPSA) is 108 Å². The molecule has 0 bridgehead atoms. The molecule has 1 aliphatic heterocycles. The van der Waals surface area contributed by atoms with Crippen LogP contribution in [0.4, 0.5) is 10.5 Å². The van der Waals surface area contributed by atoms with E-state index >= 15 is 0 Å². The molecule has 8 nitrogen and oxygen atoms in total. The fourth-order valence-corrected chi connectivity index (χ4v) is 3.74. The van der Waals surface area contributed by atoms with Gasteiger partial charge in [0.2, 0.25) is 0 Å². The first-order valence-electron chi connectivity index (χ1n) is 9.66. The van der Waals surface area contributed by atoms with Gasteiger partial charge in [0, 0.05) is 31.7 Å². The van der Waals surface area contributed by atoms with Gasteiger partial charge in [0.15, 0.2) is 6.10 Å². The molecule has 28 heavy (non-hydrogen) atoms. The molecular formula is C20H27N3O5. The first-order chi connectivity index (χ1) is 13.3. The van der Waals surface area contributed by atoms with Crippen LogP contribution >= 0.6 is 0 Å². The van der Waals surface area contributed by atoms with E-state index in [4.69, 9.17) is 9.84 Å². The number of benzene rings is 1. The van der Waals surface area contributed by atoms with E-state index in [1.54, 1.807) is 30.1 Å². The summed E-state index contributed by atoms with van der Waals surface area (Å²) in [4.78, 5) is 36.9. The van der Waals surface area contributed by atoms with Crippen molar-refractivity contribution in [2.24, 2.45) is 5.92 Å². The highest BCUT2D eigenvalue weighted by Gasteiger charge is 2.31. The number of nitrogens with one attached hydrogen (secondary N) is 2. The molecule has 1 aromatic rings. The van der Waals surface area contributed by atoms with Gasteiger partial charge in [0.05, 0.1) is 5.92 Å². The minimum atomic E-state index is -0.758. The molecule has 1 unspecified atom stereocenters. The molecule has 0 spiro atoms. The van der Waals surface area contributed by atoms with E-state index in [0.29, 0.717) is 50.1 Å². The zero-order chi connectivity index (χ0) is 20.3. The lowest BCUT2D eigenvalue weighted by Gasteiger charge is -2.27. The molecule has 3 amide bonds. The molecule has 2 fully saturated rings. The summed E-state index contributed by atoms with van der Waals surface area (Å²) in [6, 6.07) is 4.99. The highest BCUT2D eigenvalue weighted by atomic mass is 16.5. The van der Waals surface area contributed by atoms with E-state index in [0.717, 1.165) is 5.56 Å². The van der Waals surface area contributed by atoms with Gasteiger partial charge in [-0.3, -0.25) is 9.59 Å². The van der Waals surface area contributed by atoms with Gasteiger partial charge in [0.25, 0.3) is 5.91 Å². The Balaban J connectivity index is 1.51. The molecule has 0 radical (unpaired) electrons. The van der Waals surface area contributed by atoms with E-state index in [-0.39, 0.29) is 23.9 Å². The number of likely N-dealkylation sites (tertiary alicyclic amines) is 1. The van der Waals surface area contributed by atoms with Crippen molar-refractivity contribution in [3.8, 4) is 5.75 Å². The Labute approximate surface area is 164 Å². The summed E-state index contributed by atoms with van der Waals surface area (Å²) in [6.07, 6.45) is 2.72. The number of likely N-dealkylation sites (N-methyl/N-ethyl adjacent to an activating group) is 1. The van der Waals surface area contributed by atoms with Crippen LogP contribution in [0.1, 0.15) is 37.7 Å². The van der Waals surface area contributed by atoms with E-state index < -0.39 is 12.1 Å². The van der Waals surface area contributed by atoms with Crippen molar-refractivity contribution in [1.29, 1.82) is 0 Å². The van der Waals surface area contributed by atoms with E-state index in [1.807, 2.05) is 6.92 Å². The molecule has 152 valence electrons. The van der Waals surface area contributed by atoms with Crippen LogP contribution in [0.3, 0.4) is 0 Å². The summed E-state index contributed by atoms with van der Waals surface area (Å²) >= 11 is 0. The molecule has 0 aromatic heterocycles. The van der Waals surface area contributed by atoms with Crippen LogP contribution in [0.25, 0.3) is 0 Å². The average Bonchev–Trinajstić information content (AvgIpc) is 2.96. The molecular weight excluding hydrogens is 362 g/mol. The van der Waals surface area contributed by atoms with Crippen LogP contribution in [0.15, 0.2) is 18.2 Å². The molecule has 1 aromatic carbocycles. The Morgan fingerprint density at radius 1 is 1.18 bits per heavy atom. The summed E-state index contributed by atoms with van der Waals surface area (Å²) in [5, 5.41) is 14.8. The maximum atomic E-state index is 12.3. The van der Waals surface area contributed by atoms with Crippen molar-refractivity contribution < 1.29 is 24.2 Å². The number of aliphatic carboxylic acids is 1. The second-order valence-corrected chi connectivity index (χ2v) is 7.62. The van der Waals surface area contributed by atoms with Gasteiger partial charge in [-0.15, -0.1) is 0 Å². The third-order valence-corrected chi connectivity index (χ3v) is 5.51. The molecule has 1 saturated carbocycles. The van der Waals surface area contributed by atoms with Gasteiger partial charge in [-0.1, -0.05) is 0 Å². The Hall–Kier alpha value is -2.77. The molecule has 1 aliphatic carbocycles. The number of hydrogen-bond donors (Lipinski definition) is 3. The van der Waals surface area contributed by atoms with Crippen LogP contribution in [0.5, 0.6) is 5.75 Å². The minimum absolute atomic E-state index is 0.0103. The third kappa shape index (κ3) is 4.74. The van der Waals surface area contributed by atoms with Gasteiger partial charge in [-0.05, 0) is 56.4 Å². The Morgan fingerprint density at radius 3 is 2.46 bits per heavy atom. The maximum Gasteiger partial charge on any atom is 0.319 e. The number of hydrogen-bond acceptors (Lipinski definition) is 4. The summed E-state index contributed by atoms with van der Waals surface area (Å²) < 4.78 is 5.78. The number of carbonyl (C=O) groups is 3. The number of carboxylic acids is 1. The van der Waals surface area contributed by atoms with Gasteiger partial charge in [-0.2, -0.15) is 0 Å². The van der Waals surface area contributed by atoms with Crippen molar-refractivity contribution in [2.45, 2.75) is 51.2 Å². The number of rotatable bonds is 5. The molecule has 1 saturated heterocycles. The second-order valence-electron chi connectivity index (χ2n) is 7.62. The first kappa shape index (κ1) is 20.0. The molecule has 2 aliphatic rings. The van der Waals surface area contributed by atoms with Gasteiger partial charge in [-0.25, -0.2) is 4.79 Å². The van der Waals surface area contributed by atoms with Crippen LogP contribution in [-0.4, -0.2) is 53.7 Å². The summed E-state index contributed by atoms with van der Waals surface area (Å²) in [7, 11) is 1.76. The highest BCUT2D eigenvalue weighted by molar-refractivity contribution is 5.90. The largest absolute Gasteiger partial charge is 0.481 e. The Kier molecular flexibility index (Phi) is 6.06. The Morgan fingerprint density at radius 2 is 1.89 bits per heavy atom. The van der Waals surface area contributed by atoms with Crippen LogP contribution in [-0.2, 0) is 9.59 Å². The number of ether oxygens (including phenoxy) is 1. The first-order valence-corrected chi connectivity index (χ1v) is 9.66. The predicted octanol–water partition coefficient (Wildman–Crippen LogP) is 2.37. The van der Waals surface area contributed by atoms with E-state index in [1.165, 1.54) is 0 Å². The van der Waals surface area contributed by atoms with Gasteiger partial charge < -0.3 is 25.4 Å². The molecule has 1 heterocycles. The maximum absolute atomic E-state index is 12.3. The summed E-state index contributed by atoms with van der Waals surface area (Å²) in [6.45, 7) is 2.56. The fourth-order valence-electron chi connectivity index (χ4n) is 3.74. The number of carbonyl (C=O) groups excluding carboxylic acids is 2. The number of urea groups is 1. The molecule has 8 heteroatoms. The number of carboxylic acid groups (broad SMARTS) is 1. The zero-order valence-corrected chi connectivity index (χ0v) is 16.2. The monoisotopic (exact) mass is 389 g/mol. The SMILES string of the molecule is Cc1cc(OC2CCN(C)C2=O)ccc1NC(=O)NC1CCC(C(=O)O)CC1. The molecule has 3 rings (SSSR count).